The summed E-state index contributed by atoms with van der Waals surface area (Å²) in [5.74, 6) is 1.67. The van der Waals surface area contributed by atoms with E-state index in [0.717, 1.165) is 25.0 Å². The highest BCUT2D eigenvalue weighted by Crippen LogP contribution is 2.28. The van der Waals surface area contributed by atoms with Crippen LogP contribution in [-0.4, -0.2) is 35.4 Å². The van der Waals surface area contributed by atoms with Crippen molar-refractivity contribution in [3.63, 3.8) is 0 Å². The lowest BCUT2D eigenvalue weighted by Gasteiger charge is -2.11. The minimum absolute atomic E-state index is 0. The van der Waals surface area contributed by atoms with Crippen LogP contribution in [0.3, 0.4) is 0 Å². The molecule has 1 aliphatic carbocycles. The molecule has 2 N–H and O–H groups in total. The Balaban J connectivity index is 0.00000144. The summed E-state index contributed by atoms with van der Waals surface area (Å²) < 4.78 is 1.90. The third-order valence-electron chi connectivity index (χ3n) is 2.85. The van der Waals surface area contributed by atoms with Gasteiger partial charge in [0.15, 0.2) is 5.96 Å². The largest absolute Gasteiger partial charge is 0.355 e. The number of nitrogens with zero attached hydrogens (tertiary/aromatic N) is 3. The molecular formula is C11H20IN5. The van der Waals surface area contributed by atoms with Gasteiger partial charge < -0.3 is 10.6 Å². The zero-order valence-corrected chi connectivity index (χ0v) is 12.6. The normalized spacial score (nSPS) is 22.8. The number of halogens is 1. The second-order valence-corrected chi connectivity index (χ2v) is 4.23. The fourth-order valence-electron chi connectivity index (χ4n) is 1.61. The smallest absolute Gasteiger partial charge is 0.191 e. The highest BCUT2D eigenvalue weighted by molar-refractivity contribution is 14.0. The van der Waals surface area contributed by atoms with Crippen molar-refractivity contribution in [3.05, 3.63) is 18.5 Å². The van der Waals surface area contributed by atoms with E-state index < -0.39 is 0 Å². The summed E-state index contributed by atoms with van der Waals surface area (Å²) >= 11 is 0. The van der Waals surface area contributed by atoms with Crippen molar-refractivity contribution in [2.45, 2.75) is 25.9 Å². The van der Waals surface area contributed by atoms with E-state index in [1.54, 1.807) is 13.2 Å². The quantitative estimate of drug-likeness (QED) is 0.486. The van der Waals surface area contributed by atoms with E-state index in [-0.39, 0.29) is 24.0 Å². The monoisotopic (exact) mass is 349 g/mol. The zero-order valence-electron chi connectivity index (χ0n) is 10.3. The summed E-state index contributed by atoms with van der Waals surface area (Å²) in [6.45, 7) is 3.94. The van der Waals surface area contributed by atoms with Crippen molar-refractivity contribution < 1.29 is 0 Å². The molecule has 2 atom stereocenters. The minimum atomic E-state index is 0. The molecule has 1 aromatic rings. The first-order chi connectivity index (χ1) is 7.79. The maximum absolute atomic E-state index is 4.19. The van der Waals surface area contributed by atoms with E-state index in [1.165, 1.54) is 6.42 Å². The molecule has 96 valence electrons. The molecule has 0 spiro atoms. The zero-order chi connectivity index (χ0) is 11.4. The molecule has 0 aliphatic heterocycles. The summed E-state index contributed by atoms with van der Waals surface area (Å²) in [5, 5.41) is 10.8. The molecule has 0 radical (unpaired) electrons. The van der Waals surface area contributed by atoms with Crippen LogP contribution in [0.25, 0.3) is 0 Å². The maximum Gasteiger partial charge on any atom is 0.191 e. The van der Waals surface area contributed by atoms with Crippen LogP contribution >= 0.6 is 24.0 Å². The molecular weight excluding hydrogens is 329 g/mol. The van der Waals surface area contributed by atoms with Crippen molar-refractivity contribution in [2.75, 3.05) is 13.6 Å². The van der Waals surface area contributed by atoms with Crippen LogP contribution in [-0.2, 0) is 6.54 Å². The molecule has 5 nitrogen and oxygen atoms in total. The third kappa shape index (κ3) is 4.53. The summed E-state index contributed by atoms with van der Waals surface area (Å²) in [7, 11) is 1.80. The Bertz CT molecular complexity index is 349. The third-order valence-corrected chi connectivity index (χ3v) is 2.85. The first-order valence-electron chi connectivity index (χ1n) is 5.74. The van der Waals surface area contributed by atoms with E-state index in [0.29, 0.717) is 6.04 Å². The molecule has 1 fully saturated rings. The van der Waals surface area contributed by atoms with Crippen molar-refractivity contribution in [3.8, 4) is 0 Å². The van der Waals surface area contributed by atoms with Gasteiger partial charge >= 0.3 is 0 Å². The average Bonchev–Trinajstić information content (AvgIpc) is 2.79. The number of rotatable bonds is 4. The van der Waals surface area contributed by atoms with Crippen LogP contribution in [0.1, 0.15) is 13.3 Å². The van der Waals surface area contributed by atoms with Gasteiger partial charge in [0.2, 0.25) is 0 Å². The predicted molar refractivity (Wildman–Crippen MR) is 79.7 cm³/mol. The van der Waals surface area contributed by atoms with Crippen molar-refractivity contribution in [1.82, 2.24) is 20.4 Å². The van der Waals surface area contributed by atoms with Crippen molar-refractivity contribution >= 4 is 29.9 Å². The Labute approximate surface area is 119 Å². The number of hydrogen-bond donors (Lipinski definition) is 2. The number of guanidine groups is 1. The van der Waals surface area contributed by atoms with Crippen molar-refractivity contribution in [2.24, 2.45) is 10.9 Å². The first kappa shape index (κ1) is 14.3. The van der Waals surface area contributed by atoms with Crippen molar-refractivity contribution in [1.29, 1.82) is 0 Å². The second kappa shape index (κ2) is 6.83. The average molecular weight is 349 g/mol. The lowest BCUT2D eigenvalue weighted by atomic mass is 10.5. The fraction of sp³-hybridized carbons (Fsp3) is 0.636. The van der Waals surface area contributed by atoms with Crippen LogP contribution in [0.5, 0.6) is 0 Å². The Morgan fingerprint density at radius 2 is 2.35 bits per heavy atom. The Morgan fingerprint density at radius 1 is 1.59 bits per heavy atom. The SMILES string of the molecule is CN=C(NCCn1cccn1)NC1CC1C.I. The topological polar surface area (TPSA) is 54.2 Å². The molecule has 6 heteroatoms. The van der Waals surface area contributed by atoms with Gasteiger partial charge in [-0.3, -0.25) is 9.67 Å². The molecule has 0 bridgehead atoms. The maximum atomic E-state index is 4.19. The van der Waals surface area contributed by atoms with Gasteiger partial charge in [0.1, 0.15) is 0 Å². The van der Waals surface area contributed by atoms with Crippen LogP contribution in [0, 0.1) is 5.92 Å². The summed E-state index contributed by atoms with van der Waals surface area (Å²) in [6.07, 6.45) is 5.00. The molecule has 17 heavy (non-hydrogen) atoms. The van der Waals surface area contributed by atoms with E-state index in [4.69, 9.17) is 0 Å². The molecule has 1 aromatic heterocycles. The minimum Gasteiger partial charge on any atom is -0.355 e. The molecule has 0 saturated heterocycles. The Hall–Kier alpha value is -0.790. The van der Waals surface area contributed by atoms with E-state index in [9.17, 15) is 0 Å². The van der Waals surface area contributed by atoms with Gasteiger partial charge in [-0.1, -0.05) is 6.92 Å². The number of nitrogens with one attached hydrogen (secondary N) is 2. The van der Waals surface area contributed by atoms with Gasteiger partial charge in [-0.15, -0.1) is 24.0 Å². The van der Waals surface area contributed by atoms with Gasteiger partial charge in [0.25, 0.3) is 0 Å². The molecule has 0 amide bonds. The van der Waals surface area contributed by atoms with E-state index >= 15 is 0 Å². The van der Waals surface area contributed by atoms with Crippen LogP contribution in [0.2, 0.25) is 0 Å². The lowest BCUT2D eigenvalue weighted by Crippen LogP contribution is -2.40. The van der Waals surface area contributed by atoms with Gasteiger partial charge in [-0.2, -0.15) is 5.10 Å². The summed E-state index contributed by atoms with van der Waals surface area (Å²) in [5.41, 5.74) is 0. The fourth-order valence-corrected chi connectivity index (χ4v) is 1.61. The van der Waals surface area contributed by atoms with Crippen LogP contribution in [0.15, 0.2) is 23.5 Å². The van der Waals surface area contributed by atoms with Gasteiger partial charge in [0, 0.05) is 32.0 Å². The molecule has 2 unspecified atom stereocenters. The first-order valence-corrected chi connectivity index (χ1v) is 5.74. The van der Waals surface area contributed by atoms with E-state index in [2.05, 4.69) is 27.6 Å². The summed E-state index contributed by atoms with van der Waals surface area (Å²) in [4.78, 5) is 4.19. The molecule has 1 heterocycles. The predicted octanol–water partition coefficient (Wildman–Crippen LogP) is 1.07. The highest BCUT2D eigenvalue weighted by Gasteiger charge is 2.33. The molecule has 0 aromatic carbocycles. The number of aromatic nitrogens is 2. The van der Waals surface area contributed by atoms with Crippen LogP contribution in [0.4, 0.5) is 0 Å². The number of hydrogen-bond acceptors (Lipinski definition) is 2. The second-order valence-electron chi connectivity index (χ2n) is 4.23. The molecule has 1 aliphatic rings. The van der Waals surface area contributed by atoms with Gasteiger partial charge in [-0.25, -0.2) is 0 Å². The highest BCUT2D eigenvalue weighted by atomic mass is 127. The summed E-state index contributed by atoms with van der Waals surface area (Å²) in [6, 6.07) is 2.54. The Kier molecular flexibility index (Phi) is 5.73. The van der Waals surface area contributed by atoms with Gasteiger partial charge in [0.05, 0.1) is 6.54 Å². The Morgan fingerprint density at radius 3 is 2.88 bits per heavy atom. The molecule has 1 saturated carbocycles. The standard InChI is InChI=1S/C11H19N5.HI/c1-9-8-10(9)15-11(12-2)13-5-7-16-6-3-4-14-16;/h3-4,6,9-10H,5,7-8H2,1-2H3,(H2,12,13,15);1H. The van der Waals surface area contributed by atoms with Crippen LogP contribution < -0.4 is 10.6 Å². The van der Waals surface area contributed by atoms with Gasteiger partial charge in [-0.05, 0) is 18.4 Å². The van der Waals surface area contributed by atoms with E-state index in [1.807, 2.05) is 16.9 Å². The lowest BCUT2D eigenvalue weighted by molar-refractivity contribution is 0.596. The number of aliphatic imine (C=N–C) groups is 1. The molecule has 2 rings (SSSR count).